The van der Waals surface area contributed by atoms with Gasteiger partial charge in [0.2, 0.25) is 0 Å². The summed E-state index contributed by atoms with van der Waals surface area (Å²) in [5, 5.41) is 0. The summed E-state index contributed by atoms with van der Waals surface area (Å²) >= 11 is 0. The monoisotopic (exact) mass is 223 g/mol. The maximum Gasteiger partial charge on any atom is 0.159 e. The molecule has 0 N–H and O–H groups in total. The molecule has 0 saturated carbocycles. The first-order valence-electron chi connectivity index (χ1n) is 8.32. The van der Waals surface area contributed by atoms with Crippen molar-refractivity contribution in [2.45, 2.75) is 46.4 Å². The van der Waals surface area contributed by atoms with Crippen molar-refractivity contribution in [1.82, 2.24) is 0 Å². The van der Waals surface area contributed by atoms with Crippen LogP contribution in [0, 0.1) is 17.7 Å². The zero-order chi connectivity index (χ0) is 16.4. The van der Waals surface area contributed by atoms with Crippen molar-refractivity contribution in [2.24, 2.45) is 17.7 Å². The molecule has 2 aliphatic rings. The molecule has 0 spiro atoms. The topological polar surface area (TPSA) is 17.1 Å². The Morgan fingerprint density at radius 2 is 2.12 bits per heavy atom. The number of Topliss-reactive ketones (excluding diaryl/α,β-unsaturated/α-hetero) is 1. The lowest BCUT2D eigenvalue weighted by Gasteiger charge is -2.17. The highest BCUT2D eigenvalue weighted by atomic mass is 16.1. The van der Waals surface area contributed by atoms with Gasteiger partial charge in [-0.05, 0) is 49.4 Å². The molecular weight excluding hydrogens is 196 g/mol. The summed E-state index contributed by atoms with van der Waals surface area (Å²) in [6.07, 6.45) is -3.13. The van der Waals surface area contributed by atoms with E-state index in [2.05, 4.69) is 6.58 Å². The number of hydrogen-bond donors (Lipinski definition) is 0. The van der Waals surface area contributed by atoms with Gasteiger partial charge in [0.25, 0.3) is 0 Å². The minimum atomic E-state index is -2.38. The fourth-order valence-electron chi connectivity index (χ4n) is 2.45. The minimum absolute atomic E-state index is 0.0306. The largest absolute Gasteiger partial charge is 0.295 e. The Bertz CT molecular complexity index is 544. The van der Waals surface area contributed by atoms with E-state index in [1.165, 1.54) is 6.92 Å². The van der Waals surface area contributed by atoms with Crippen molar-refractivity contribution in [3.8, 4) is 0 Å². The molecule has 1 unspecified atom stereocenters. The second kappa shape index (κ2) is 4.20. The van der Waals surface area contributed by atoms with E-state index in [1.807, 2.05) is 6.92 Å². The third kappa shape index (κ3) is 1.88. The molecule has 0 bridgehead atoms. The molecule has 0 aromatic rings. The lowest BCUT2D eigenvalue weighted by molar-refractivity contribution is -0.115. The molecule has 0 aromatic carbocycles. The number of carbonyl (C=O) groups is 1. The van der Waals surface area contributed by atoms with Crippen LogP contribution >= 0.6 is 0 Å². The van der Waals surface area contributed by atoms with E-state index in [4.69, 9.17) is 6.85 Å². The van der Waals surface area contributed by atoms with E-state index in [1.54, 1.807) is 6.92 Å². The van der Waals surface area contributed by atoms with Crippen LogP contribution in [0.15, 0.2) is 23.3 Å². The van der Waals surface area contributed by atoms with Crippen molar-refractivity contribution >= 4 is 5.78 Å². The standard InChI is InChI=1S/C15H22O/c1-9(2)12-6-5-10(3)15-13(8-12)11(4)7-14(15)16/h10-12H,1,5-8H2,2-4H3/t10-,11?,12+/m0/s1/i7D2,8D2,11D. The molecule has 0 heterocycles. The summed E-state index contributed by atoms with van der Waals surface area (Å²) in [4.78, 5) is 12.5. The molecule has 0 saturated heterocycles. The zero-order valence-electron chi connectivity index (χ0n) is 15.2. The van der Waals surface area contributed by atoms with Crippen LogP contribution in [0.4, 0.5) is 0 Å². The van der Waals surface area contributed by atoms with Crippen molar-refractivity contribution < 1.29 is 11.6 Å². The average Bonchev–Trinajstić information content (AvgIpc) is 2.42. The molecule has 0 radical (unpaired) electrons. The van der Waals surface area contributed by atoms with E-state index < -0.39 is 30.3 Å². The molecule has 1 heteroatoms. The fourth-order valence-corrected chi connectivity index (χ4v) is 2.45. The number of carbonyl (C=O) groups excluding carboxylic acids is 1. The minimum Gasteiger partial charge on any atom is -0.295 e. The quantitative estimate of drug-likeness (QED) is 0.616. The average molecular weight is 223 g/mol. The summed E-state index contributed by atoms with van der Waals surface area (Å²) in [5.74, 6) is -3.31. The summed E-state index contributed by atoms with van der Waals surface area (Å²) in [6, 6.07) is 0. The van der Waals surface area contributed by atoms with Gasteiger partial charge in [0.05, 0.1) is 0 Å². The van der Waals surface area contributed by atoms with Crippen molar-refractivity contribution in [1.29, 1.82) is 0 Å². The second-order valence-electron chi connectivity index (χ2n) is 4.89. The highest BCUT2D eigenvalue weighted by Gasteiger charge is 2.35. The molecule has 0 fully saturated rings. The number of allylic oxidation sites excluding steroid dienone is 3. The summed E-state index contributed by atoms with van der Waals surface area (Å²) in [5.41, 5.74) is 0.908. The Labute approximate surface area is 106 Å². The van der Waals surface area contributed by atoms with Crippen LogP contribution in [0.3, 0.4) is 0 Å². The van der Waals surface area contributed by atoms with Gasteiger partial charge in [-0.3, -0.25) is 4.79 Å². The molecule has 3 atom stereocenters. The Kier molecular flexibility index (Phi) is 1.78. The van der Waals surface area contributed by atoms with Gasteiger partial charge in [-0.15, -0.1) is 0 Å². The molecular formula is C15H22O. The third-order valence-corrected chi connectivity index (χ3v) is 3.48. The highest BCUT2D eigenvalue weighted by molar-refractivity contribution is 5.99. The van der Waals surface area contributed by atoms with Crippen molar-refractivity contribution in [3.05, 3.63) is 23.3 Å². The predicted octanol–water partition coefficient (Wildman–Crippen LogP) is 3.90. The molecule has 2 rings (SSSR count). The lowest BCUT2D eigenvalue weighted by atomic mass is 9.87. The number of hydrogen-bond acceptors (Lipinski definition) is 1. The smallest absolute Gasteiger partial charge is 0.159 e. The first-order valence-corrected chi connectivity index (χ1v) is 5.82. The van der Waals surface area contributed by atoms with Crippen LogP contribution in [0.5, 0.6) is 0 Å². The van der Waals surface area contributed by atoms with Crippen LogP contribution in [0.1, 0.15) is 53.2 Å². The zero-order valence-corrected chi connectivity index (χ0v) is 10.2. The van der Waals surface area contributed by atoms with Gasteiger partial charge in [0.15, 0.2) is 5.78 Å². The Balaban J connectivity index is 2.75. The van der Waals surface area contributed by atoms with Crippen LogP contribution in [0.25, 0.3) is 0 Å². The molecule has 88 valence electrons. The maximum atomic E-state index is 12.5. The van der Waals surface area contributed by atoms with Crippen molar-refractivity contribution in [3.63, 3.8) is 0 Å². The van der Waals surface area contributed by atoms with Gasteiger partial charge in [-0.2, -0.15) is 0 Å². The summed E-state index contributed by atoms with van der Waals surface area (Å²) in [7, 11) is 0. The Hall–Kier alpha value is -0.850. The van der Waals surface area contributed by atoms with Crippen LogP contribution in [-0.2, 0) is 4.79 Å². The normalized spacial score (nSPS) is 50.4. The molecule has 16 heavy (non-hydrogen) atoms. The third-order valence-electron chi connectivity index (χ3n) is 3.48. The fraction of sp³-hybridized carbons (Fsp3) is 0.667. The Morgan fingerprint density at radius 3 is 2.75 bits per heavy atom. The SMILES string of the molecule is [2H]C1([2H])C2=C(C(=O)C([2H])([2H])C2([2H])C)[C@@H](C)CC[C@H]1C(=C)C. The molecule has 2 aliphatic carbocycles. The van der Waals surface area contributed by atoms with E-state index in [9.17, 15) is 4.79 Å². The van der Waals surface area contributed by atoms with Crippen LogP contribution < -0.4 is 0 Å². The number of rotatable bonds is 1. The first kappa shape index (κ1) is 6.78. The maximum absolute atomic E-state index is 12.5. The van der Waals surface area contributed by atoms with Crippen LogP contribution in [0.2, 0.25) is 0 Å². The van der Waals surface area contributed by atoms with Gasteiger partial charge < -0.3 is 0 Å². The molecule has 0 aromatic heterocycles. The molecule has 0 aliphatic heterocycles. The lowest BCUT2D eigenvalue weighted by Crippen LogP contribution is -2.07. The van der Waals surface area contributed by atoms with E-state index >= 15 is 0 Å². The van der Waals surface area contributed by atoms with Gasteiger partial charge in [-0.1, -0.05) is 31.6 Å². The van der Waals surface area contributed by atoms with Crippen LogP contribution in [-0.4, -0.2) is 5.78 Å². The van der Waals surface area contributed by atoms with Crippen molar-refractivity contribution in [2.75, 3.05) is 0 Å². The van der Waals surface area contributed by atoms with Gasteiger partial charge in [0.1, 0.15) is 0 Å². The summed E-state index contributed by atoms with van der Waals surface area (Å²) in [6.45, 7) is 8.75. The van der Waals surface area contributed by atoms with E-state index in [0.717, 1.165) is 0 Å². The Morgan fingerprint density at radius 1 is 1.44 bits per heavy atom. The highest BCUT2D eigenvalue weighted by Crippen LogP contribution is 2.43. The van der Waals surface area contributed by atoms with Gasteiger partial charge in [-0.25, -0.2) is 0 Å². The molecule has 0 amide bonds. The summed E-state index contributed by atoms with van der Waals surface area (Å²) < 4.78 is 41.4. The second-order valence-corrected chi connectivity index (χ2v) is 4.89. The predicted molar refractivity (Wildman–Crippen MR) is 67.1 cm³/mol. The van der Waals surface area contributed by atoms with E-state index in [0.29, 0.717) is 18.4 Å². The van der Waals surface area contributed by atoms with Gasteiger partial charge >= 0.3 is 0 Å². The van der Waals surface area contributed by atoms with E-state index in [-0.39, 0.29) is 17.1 Å². The molecule has 1 nitrogen and oxygen atoms in total. The number of ketones is 1. The van der Waals surface area contributed by atoms with Gasteiger partial charge in [0, 0.05) is 13.2 Å². The first-order chi connectivity index (χ1) is 9.36.